The summed E-state index contributed by atoms with van der Waals surface area (Å²) >= 11 is 0. The monoisotopic (exact) mass is 636 g/mol. The largest absolute Gasteiger partial charge is 0.397 e. The molecule has 5 N–H and O–H groups in total. The second-order valence-electron chi connectivity index (χ2n) is 12.0. The quantitative estimate of drug-likeness (QED) is 0.120. The molecule has 0 unspecified atom stereocenters. The van der Waals surface area contributed by atoms with E-state index in [4.69, 9.17) is 15.2 Å². The van der Waals surface area contributed by atoms with E-state index in [0.717, 1.165) is 16.7 Å². The lowest BCUT2D eigenvalue weighted by molar-refractivity contribution is -0.253. The summed E-state index contributed by atoms with van der Waals surface area (Å²) in [6.07, 6.45) is 0.628. The topological polar surface area (TPSA) is 126 Å². The number of nitrogens with one attached hydrogen (secondary N) is 2. The Morgan fingerprint density at radius 1 is 0.851 bits per heavy atom. The Hall–Kier alpha value is -4.54. The molecule has 1 heterocycles. The molecule has 1 fully saturated rings. The second-order valence-corrected chi connectivity index (χ2v) is 12.0. The number of aliphatic hydroxyl groups is 1. The molecule has 1 saturated heterocycles. The number of hydrogen-bond acceptors (Lipinski definition) is 7. The minimum atomic E-state index is -0.599. The summed E-state index contributed by atoms with van der Waals surface area (Å²) in [4.78, 5) is 27.2. The smallest absolute Gasteiger partial charge is 0.224 e. The molecule has 0 bridgehead atoms. The minimum absolute atomic E-state index is 0.00956. The van der Waals surface area contributed by atoms with E-state index in [-0.39, 0.29) is 49.5 Å². The van der Waals surface area contributed by atoms with Crippen LogP contribution in [0.25, 0.3) is 0 Å². The summed E-state index contributed by atoms with van der Waals surface area (Å²) in [6.45, 7) is 2.90. The molecule has 0 radical (unpaired) electrons. The van der Waals surface area contributed by atoms with Gasteiger partial charge in [0.15, 0.2) is 6.29 Å². The van der Waals surface area contributed by atoms with Gasteiger partial charge >= 0.3 is 0 Å². The number of aliphatic hydroxyl groups excluding tert-OH is 1. The molecule has 0 aromatic heterocycles. The zero-order chi connectivity index (χ0) is 33.2. The van der Waals surface area contributed by atoms with Gasteiger partial charge in [-0.15, -0.1) is 0 Å². The molecule has 5 rings (SSSR count). The van der Waals surface area contributed by atoms with E-state index in [9.17, 15) is 14.7 Å². The Kier molecular flexibility index (Phi) is 11.8. The van der Waals surface area contributed by atoms with Crippen molar-refractivity contribution in [2.75, 3.05) is 30.0 Å². The van der Waals surface area contributed by atoms with Gasteiger partial charge in [-0.2, -0.15) is 0 Å². The van der Waals surface area contributed by atoms with Gasteiger partial charge in [-0.3, -0.25) is 14.5 Å². The molecule has 4 aromatic carbocycles. The predicted molar refractivity (Wildman–Crippen MR) is 184 cm³/mol. The van der Waals surface area contributed by atoms with Crippen LogP contribution in [0.15, 0.2) is 103 Å². The van der Waals surface area contributed by atoms with Gasteiger partial charge in [0.25, 0.3) is 0 Å². The van der Waals surface area contributed by atoms with E-state index >= 15 is 0 Å². The third kappa shape index (κ3) is 9.49. The van der Waals surface area contributed by atoms with Gasteiger partial charge in [-0.05, 0) is 61.3 Å². The van der Waals surface area contributed by atoms with E-state index in [1.165, 1.54) is 5.56 Å². The zero-order valence-electron chi connectivity index (χ0n) is 27.0. The van der Waals surface area contributed by atoms with Crippen LogP contribution in [-0.2, 0) is 25.7 Å². The van der Waals surface area contributed by atoms with Crippen molar-refractivity contribution >= 4 is 28.9 Å². The van der Waals surface area contributed by atoms with E-state index in [0.29, 0.717) is 36.4 Å². The third-order valence-electron chi connectivity index (χ3n) is 8.56. The first-order valence-electron chi connectivity index (χ1n) is 16.1. The fourth-order valence-corrected chi connectivity index (χ4v) is 5.68. The molecule has 1 aliphatic heterocycles. The van der Waals surface area contributed by atoms with Crippen molar-refractivity contribution in [3.63, 3.8) is 0 Å². The number of amides is 2. The number of benzene rings is 4. The van der Waals surface area contributed by atoms with Gasteiger partial charge in [0.05, 0.1) is 30.2 Å². The number of ether oxygens (including phenoxy) is 2. The SMILES string of the molecule is C[C@@H](c1ccccc1)N(C)C[C@@H]1C[C@H](c2ccc(CO)cc2)O[C@H](c2ccc(NC(=O)CCCC(=O)Nc3ccccc3N)cc2)O1. The van der Waals surface area contributed by atoms with Crippen molar-refractivity contribution in [3.05, 3.63) is 125 Å². The van der Waals surface area contributed by atoms with Crippen molar-refractivity contribution in [1.82, 2.24) is 4.90 Å². The maximum Gasteiger partial charge on any atom is 0.224 e. The number of nitrogens with zero attached hydrogens (tertiary/aromatic N) is 1. The highest BCUT2D eigenvalue weighted by Gasteiger charge is 2.33. The van der Waals surface area contributed by atoms with Gasteiger partial charge < -0.3 is 30.9 Å². The number of carbonyl (C=O) groups is 2. The molecule has 0 aliphatic carbocycles. The van der Waals surface area contributed by atoms with Crippen molar-refractivity contribution < 1.29 is 24.2 Å². The lowest BCUT2D eigenvalue weighted by Gasteiger charge is -2.39. The van der Waals surface area contributed by atoms with Crippen LogP contribution < -0.4 is 16.4 Å². The third-order valence-corrected chi connectivity index (χ3v) is 8.56. The number of likely N-dealkylation sites (N-methyl/N-ethyl adjacent to an activating group) is 1. The molecule has 2 amide bonds. The van der Waals surface area contributed by atoms with Crippen LogP contribution in [0.2, 0.25) is 0 Å². The molecule has 9 heteroatoms. The molecule has 1 aliphatic rings. The summed E-state index contributed by atoms with van der Waals surface area (Å²) < 4.78 is 13.0. The lowest BCUT2D eigenvalue weighted by atomic mass is 9.99. The van der Waals surface area contributed by atoms with Crippen LogP contribution in [-0.4, -0.2) is 41.5 Å². The number of para-hydroxylation sites is 2. The summed E-state index contributed by atoms with van der Waals surface area (Å²) in [7, 11) is 2.11. The summed E-state index contributed by atoms with van der Waals surface area (Å²) in [5.74, 6) is -0.355. The summed E-state index contributed by atoms with van der Waals surface area (Å²) in [6, 6.07) is 33.0. The predicted octanol–water partition coefficient (Wildman–Crippen LogP) is 6.75. The lowest BCUT2D eigenvalue weighted by Crippen LogP contribution is -2.38. The fourth-order valence-electron chi connectivity index (χ4n) is 5.68. The molecule has 246 valence electrons. The van der Waals surface area contributed by atoms with Gasteiger partial charge in [0.1, 0.15) is 0 Å². The Labute approximate surface area is 276 Å². The average Bonchev–Trinajstić information content (AvgIpc) is 3.09. The normalized spacial score (nSPS) is 18.4. The number of hydrogen-bond donors (Lipinski definition) is 4. The fraction of sp³-hybridized carbons (Fsp3) is 0.316. The first-order chi connectivity index (χ1) is 22.8. The van der Waals surface area contributed by atoms with Crippen LogP contribution in [0.4, 0.5) is 17.1 Å². The van der Waals surface area contributed by atoms with Gasteiger partial charge in [-0.25, -0.2) is 0 Å². The molecule has 0 spiro atoms. The first kappa shape index (κ1) is 33.8. The van der Waals surface area contributed by atoms with E-state index in [1.54, 1.807) is 24.3 Å². The Bertz CT molecular complexity index is 1600. The minimum Gasteiger partial charge on any atom is -0.397 e. The van der Waals surface area contributed by atoms with Crippen LogP contribution in [0.5, 0.6) is 0 Å². The van der Waals surface area contributed by atoms with Gasteiger partial charge in [0, 0.05) is 43.1 Å². The first-order valence-corrected chi connectivity index (χ1v) is 16.1. The molecule has 47 heavy (non-hydrogen) atoms. The van der Waals surface area contributed by atoms with Crippen molar-refractivity contribution in [2.24, 2.45) is 0 Å². The summed E-state index contributed by atoms with van der Waals surface area (Å²) in [5.41, 5.74) is 11.6. The maximum absolute atomic E-state index is 12.6. The molecular formula is C38H44N4O5. The Morgan fingerprint density at radius 2 is 1.49 bits per heavy atom. The molecule has 0 saturated carbocycles. The molecule has 4 atom stereocenters. The highest BCUT2D eigenvalue weighted by molar-refractivity contribution is 5.94. The summed E-state index contributed by atoms with van der Waals surface area (Å²) in [5, 5.41) is 15.2. The number of carbonyl (C=O) groups excluding carboxylic acids is 2. The molecular weight excluding hydrogens is 592 g/mol. The Balaban J connectivity index is 1.19. The Morgan fingerprint density at radius 3 is 2.17 bits per heavy atom. The number of anilines is 3. The average molecular weight is 637 g/mol. The van der Waals surface area contributed by atoms with Gasteiger partial charge in [-0.1, -0.05) is 78.9 Å². The van der Waals surface area contributed by atoms with Crippen LogP contribution >= 0.6 is 0 Å². The molecule has 9 nitrogen and oxygen atoms in total. The number of nitrogens with two attached hydrogens (primary N) is 1. The highest BCUT2D eigenvalue weighted by Crippen LogP contribution is 2.39. The van der Waals surface area contributed by atoms with Crippen molar-refractivity contribution in [2.45, 2.75) is 63.8 Å². The van der Waals surface area contributed by atoms with E-state index in [1.807, 2.05) is 54.6 Å². The molecule has 4 aromatic rings. The van der Waals surface area contributed by atoms with Crippen LogP contribution in [0.3, 0.4) is 0 Å². The maximum atomic E-state index is 12.6. The number of rotatable bonds is 13. The van der Waals surface area contributed by atoms with Crippen molar-refractivity contribution in [3.8, 4) is 0 Å². The second kappa shape index (κ2) is 16.3. The van der Waals surface area contributed by atoms with Crippen LogP contribution in [0.1, 0.15) is 73.3 Å². The van der Waals surface area contributed by atoms with Gasteiger partial charge in [0.2, 0.25) is 11.8 Å². The van der Waals surface area contributed by atoms with E-state index < -0.39 is 6.29 Å². The van der Waals surface area contributed by atoms with Crippen LogP contribution in [0, 0.1) is 0 Å². The standard InChI is InChI=1S/C38H44N4O5/c1-26(28-9-4-3-5-10-28)42(2)24-32-23-35(29-17-15-27(25-43)16-18-29)47-38(46-32)30-19-21-31(22-20-30)40-36(44)13-8-14-37(45)41-34-12-7-6-11-33(34)39/h3-7,9-12,15-22,26,32,35,38,43H,8,13-14,23-25,39H2,1-2H3,(H,40,44)(H,41,45)/t26-,32-,35+,38+/m0/s1. The number of nitrogen functional groups attached to an aromatic ring is 1. The van der Waals surface area contributed by atoms with Crippen molar-refractivity contribution in [1.29, 1.82) is 0 Å². The zero-order valence-corrected chi connectivity index (χ0v) is 27.0. The highest BCUT2D eigenvalue weighted by atomic mass is 16.7. The van der Waals surface area contributed by atoms with E-state index in [2.05, 4.69) is 53.8 Å².